The number of nitrogens with zero attached hydrogens (tertiary/aromatic N) is 1. The third-order valence-corrected chi connectivity index (χ3v) is 7.80. The van der Waals surface area contributed by atoms with E-state index in [-0.39, 0.29) is 4.90 Å². The molecule has 4 nitrogen and oxygen atoms in total. The highest BCUT2D eigenvalue weighted by Crippen LogP contribution is 2.33. The molecule has 0 atom stereocenters. The molecular weight excluding hydrogens is 440 g/mol. The SMILES string of the molecule is CN(Cc1ccccc1Br)S(=O)(=O)c1cc(CN)sc1Br. The summed E-state index contributed by atoms with van der Waals surface area (Å²) in [7, 11) is -1.98. The largest absolute Gasteiger partial charge is 0.326 e. The van der Waals surface area contributed by atoms with Crippen LogP contribution < -0.4 is 5.73 Å². The summed E-state index contributed by atoms with van der Waals surface area (Å²) in [4.78, 5) is 1.09. The molecule has 0 fully saturated rings. The Labute approximate surface area is 145 Å². The monoisotopic (exact) mass is 452 g/mol. The Hall–Kier alpha value is -0.250. The summed E-state index contributed by atoms with van der Waals surface area (Å²) in [5.41, 5.74) is 6.48. The highest BCUT2D eigenvalue weighted by Gasteiger charge is 2.26. The molecule has 0 unspecified atom stereocenters. The quantitative estimate of drug-likeness (QED) is 0.752. The van der Waals surface area contributed by atoms with Gasteiger partial charge in [0, 0.05) is 29.5 Å². The fraction of sp³-hybridized carbons (Fsp3) is 0.231. The van der Waals surface area contributed by atoms with Gasteiger partial charge in [0.05, 0.1) is 3.79 Å². The van der Waals surface area contributed by atoms with E-state index in [0.717, 1.165) is 14.9 Å². The predicted octanol–water partition coefficient (Wildman–Crippen LogP) is 3.55. The number of benzene rings is 1. The van der Waals surface area contributed by atoms with Gasteiger partial charge in [-0.2, -0.15) is 4.31 Å². The fourth-order valence-corrected chi connectivity index (χ4v) is 5.86. The molecule has 2 rings (SSSR count). The Morgan fingerprint density at radius 1 is 1.29 bits per heavy atom. The Kier molecular flexibility index (Phi) is 5.61. The molecule has 0 radical (unpaired) electrons. The lowest BCUT2D eigenvalue weighted by molar-refractivity contribution is 0.466. The molecule has 0 aliphatic carbocycles. The van der Waals surface area contributed by atoms with Gasteiger partial charge < -0.3 is 5.73 Å². The normalized spacial score (nSPS) is 12.0. The van der Waals surface area contributed by atoms with Crippen molar-refractivity contribution in [3.8, 4) is 0 Å². The summed E-state index contributed by atoms with van der Waals surface area (Å²) in [6.07, 6.45) is 0. The molecule has 0 aliphatic heterocycles. The van der Waals surface area contributed by atoms with Crippen LogP contribution in [0.5, 0.6) is 0 Å². The Morgan fingerprint density at radius 2 is 1.95 bits per heavy atom. The summed E-state index contributed by atoms with van der Waals surface area (Å²) in [6, 6.07) is 9.19. The average molecular weight is 454 g/mol. The van der Waals surface area contributed by atoms with E-state index >= 15 is 0 Å². The van der Waals surface area contributed by atoms with Crippen molar-refractivity contribution in [3.63, 3.8) is 0 Å². The zero-order valence-corrected chi connectivity index (χ0v) is 16.0. The lowest BCUT2D eigenvalue weighted by atomic mass is 10.2. The van der Waals surface area contributed by atoms with Crippen LogP contribution in [-0.4, -0.2) is 19.8 Å². The minimum atomic E-state index is -3.55. The van der Waals surface area contributed by atoms with Crippen LogP contribution in [0.3, 0.4) is 0 Å². The summed E-state index contributed by atoms with van der Waals surface area (Å²) >= 11 is 8.09. The van der Waals surface area contributed by atoms with E-state index in [1.165, 1.54) is 15.6 Å². The molecule has 1 aromatic carbocycles. The first-order valence-corrected chi connectivity index (χ1v) is 9.88. The average Bonchev–Trinajstić information content (AvgIpc) is 2.83. The molecular formula is C13H14Br2N2O2S2. The first-order chi connectivity index (χ1) is 9.86. The van der Waals surface area contributed by atoms with Gasteiger partial charge >= 0.3 is 0 Å². The Balaban J connectivity index is 2.30. The van der Waals surface area contributed by atoms with Gasteiger partial charge in [-0.05, 0) is 33.6 Å². The molecule has 0 amide bonds. The molecule has 0 bridgehead atoms. The maximum atomic E-state index is 12.6. The van der Waals surface area contributed by atoms with Crippen molar-refractivity contribution >= 4 is 53.2 Å². The van der Waals surface area contributed by atoms with Gasteiger partial charge in [0.25, 0.3) is 0 Å². The summed E-state index contributed by atoms with van der Waals surface area (Å²) in [5, 5.41) is 0. The van der Waals surface area contributed by atoms with Crippen molar-refractivity contribution in [1.82, 2.24) is 4.31 Å². The first-order valence-electron chi connectivity index (χ1n) is 6.04. The summed E-state index contributed by atoms with van der Waals surface area (Å²) in [5.74, 6) is 0. The molecule has 2 N–H and O–H groups in total. The van der Waals surface area contributed by atoms with Crippen LogP contribution >= 0.6 is 43.2 Å². The summed E-state index contributed by atoms with van der Waals surface area (Å²) < 4.78 is 28.1. The van der Waals surface area contributed by atoms with Gasteiger partial charge in [0.1, 0.15) is 4.90 Å². The Morgan fingerprint density at radius 3 is 2.52 bits per heavy atom. The van der Waals surface area contributed by atoms with Gasteiger partial charge in [0.2, 0.25) is 10.0 Å². The van der Waals surface area contributed by atoms with Gasteiger partial charge in [-0.1, -0.05) is 34.1 Å². The molecule has 0 aliphatic rings. The smallest absolute Gasteiger partial charge is 0.245 e. The van der Waals surface area contributed by atoms with Crippen LogP contribution in [0, 0.1) is 0 Å². The van der Waals surface area contributed by atoms with E-state index in [1.54, 1.807) is 13.1 Å². The minimum Gasteiger partial charge on any atom is -0.326 e. The zero-order chi connectivity index (χ0) is 15.6. The van der Waals surface area contributed by atoms with Crippen LogP contribution in [0.2, 0.25) is 0 Å². The number of nitrogens with two attached hydrogens (primary N) is 1. The predicted molar refractivity (Wildman–Crippen MR) is 92.7 cm³/mol. The minimum absolute atomic E-state index is 0.266. The lowest BCUT2D eigenvalue weighted by Crippen LogP contribution is -2.26. The second-order valence-corrected chi connectivity index (χ2v) is 9.73. The van der Waals surface area contributed by atoms with Gasteiger partial charge in [0.15, 0.2) is 0 Å². The number of sulfonamides is 1. The molecule has 114 valence electrons. The highest BCUT2D eigenvalue weighted by atomic mass is 79.9. The third kappa shape index (κ3) is 3.75. The number of hydrogen-bond donors (Lipinski definition) is 1. The Bertz CT molecular complexity index is 744. The van der Waals surface area contributed by atoms with Crippen molar-refractivity contribution in [3.05, 3.63) is 49.0 Å². The summed E-state index contributed by atoms with van der Waals surface area (Å²) in [6.45, 7) is 0.622. The van der Waals surface area contributed by atoms with Crippen molar-refractivity contribution < 1.29 is 8.42 Å². The van der Waals surface area contributed by atoms with Crippen LogP contribution in [0.1, 0.15) is 10.4 Å². The molecule has 1 aromatic heterocycles. The highest BCUT2D eigenvalue weighted by molar-refractivity contribution is 9.11. The molecule has 21 heavy (non-hydrogen) atoms. The molecule has 0 spiro atoms. The second kappa shape index (κ2) is 6.89. The number of halogens is 2. The third-order valence-electron chi connectivity index (χ3n) is 2.95. The number of hydrogen-bond acceptors (Lipinski definition) is 4. The van der Waals surface area contributed by atoms with E-state index in [0.29, 0.717) is 16.9 Å². The number of rotatable bonds is 5. The van der Waals surface area contributed by atoms with E-state index in [9.17, 15) is 8.42 Å². The molecule has 0 saturated heterocycles. The molecule has 8 heteroatoms. The molecule has 2 aromatic rings. The van der Waals surface area contributed by atoms with Gasteiger partial charge in [-0.3, -0.25) is 0 Å². The van der Waals surface area contributed by atoms with Crippen LogP contribution in [0.25, 0.3) is 0 Å². The standard InChI is InChI=1S/C13H14Br2N2O2S2/c1-17(8-9-4-2-3-5-11(9)14)21(18,19)12-6-10(7-16)20-13(12)15/h2-6H,7-8,16H2,1H3. The van der Waals surface area contributed by atoms with Crippen LogP contribution in [0.15, 0.2) is 43.5 Å². The van der Waals surface area contributed by atoms with Crippen molar-refractivity contribution in [2.24, 2.45) is 5.73 Å². The van der Waals surface area contributed by atoms with E-state index < -0.39 is 10.0 Å². The number of thiophene rings is 1. The lowest BCUT2D eigenvalue weighted by Gasteiger charge is -2.17. The maximum absolute atomic E-state index is 12.6. The van der Waals surface area contributed by atoms with Crippen LogP contribution in [0.4, 0.5) is 0 Å². The maximum Gasteiger partial charge on any atom is 0.245 e. The van der Waals surface area contributed by atoms with E-state index in [1.807, 2.05) is 24.3 Å². The van der Waals surface area contributed by atoms with Gasteiger partial charge in [-0.25, -0.2) is 8.42 Å². The van der Waals surface area contributed by atoms with E-state index in [2.05, 4.69) is 31.9 Å². The van der Waals surface area contributed by atoms with Gasteiger partial charge in [-0.15, -0.1) is 11.3 Å². The molecule has 1 heterocycles. The van der Waals surface area contributed by atoms with E-state index in [4.69, 9.17) is 5.73 Å². The topological polar surface area (TPSA) is 63.4 Å². The van der Waals surface area contributed by atoms with Crippen molar-refractivity contribution in [1.29, 1.82) is 0 Å². The van der Waals surface area contributed by atoms with Crippen LogP contribution in [-0.2, 0) is 23.1 Å². The molecule has 0 saturated carbocycles. The fourth-order valence-electron chi connectivity index (χ4n) is 1.79. The first kappa shape index (κ1) is 17.1. The van der Waals surface area contributed by atoms with Crippen molar-refractivity contribution in [2.75, 3.05) is 7.05 Å². The zero-order valence-electron chi connectivity index (χ0n) is 11.2. The second-order valence-electron chi connectivity index (χ2n) is 4.41. The van der Waals surface area contributed by atoms with Crippen molar-refractivity contribution in [2.45, 2.75) is 18.0 Å².